The zero-order valence-corrected chi connectivity index (χ0v) is 13.5. The number of rotatable bonds is 11. The van der Waals surface area contributed by atoms with E-state index >= 15 is 0 Å². The van der Waals surface area contributed by atoms with E-state index in [4.69, 9.17) is 14.6 Å². The standard InChI is InChI=1S/C13H29NO4Si/c1-19(2,3)12-4-7-14-13(16)18-11-6-10-17-9-5-8-15/h15H,4-12H2,1-3H3,(H,14,16). The second-order valence-electron chi connectivity index (χ2n) is 5.77. The molecule has 0 atom stereocenters. The van der Waals surface area contributed by atoms with Crippen molar-refractivity contribution in [1.29, 1.82) is 0 Å². The van der Waals surface area contributed by atoms with Gasteiger partial charge >= 0.3 is 6.09 Å². The van der Waals surface area contributed by atoms with Crippen molar-refractivity contribution in [3.63, 3.8) is 0 Å². The van der Waals surface area contributed by atoms with Gasteiger partial charge in [0.1, 0.15) is 0 Å². The van der Waals surface area contributed by atoms with Gasteiger partial charge in [0.25, 0.3) is 0 Å². The Labute approximate surface area is 117 Å². The third kappa shape index (κ3) is 15.3. The smallest absolute Gasteiger partial charge is 0.407 e. The molecule has 0 saturated carbocycles. The van der Waals surface area contributed by atoms with Crippen molar-refractivity contribution in [3.05, 3.63) is 0 Å². The van der Waals surface area contributed by atoms with Crippen LogP contribution in [0.1, 0.15) is 19.3 Å². The van der Waals surface area contributed by atoms with Crippen molar-refractivity contribution in [2.75, 3.05) is 33.0 Å². The van der Waals surface area contributed by atoms with Gasteiger partial charge in [0.05, 0.1) is 6.61 Å². The largest absolute Gasteiger partial charge is 0.449 e. The van der Waals surface area contributed by atoms with Gasteiger partial charge in [0, 0.05) is 40.9 Å². The van der Waals surface area contributed by atoms with Crippen LogP contribution in [0.15, 0.2) is 0 Å². The molecule has 0 heterocycles. The Balaban J connectivity index is 3.26. The third-order valence-corrected chi connectivity index (χ3v) is 4.34. The van der Waals surface area contributed by atoms with Crippen LogP contribution < -0.4 is 5.32 Å². The van der Waals surface area contributed by atoms with E-state index in [0.717, 1.165) is 6.42 Å². The van der Waals surface area contributed by atoms with E-state index in [-0.39, 0.29) is 12.7 Å². The van der Waals surface area contributed by atoms with Gasteiger partial charge in [-0.3, -0.25) is 0 Å². The number of amides is 1. The predicted octanol–water partition coefficient (Wildman–Crippen LogP) is 2.23. The predicted molar refractivity (Wildman–Crippen MR) is 79.3 cm³/mol. The number of nitrogens with one attached hydrogen (secondary N) is 1. The zero-order valence-electron chi connectivity index (χ0n) is 12.5. The second kappa shape index (κ2) is 11.3. The maximum atomic E-state index is 11.3. The van der Waals surface area contributed by atoms with Gasteiger partial charge in [-0.2, -0.15) is 0 Å². The van der Waals surface area contributed by atoms with Crippen molar-refractivity contribution in [1.82, 2.24) is 5.32 Å². The molecule has 114 valence electrons. The minimum Gasteiger partial charge on any atom is -0.449 e. The van der Waals surface area contributed by atoms with Crippen LogP contribution in [0.25, 0.3) is 0 Å². The summed E-state index contributed by atoms with van der Waals surface area (Å²) in [6.45, 7) is 9.29. The molecule has 0 rings (SSSR count). The Hall–Kier alpha value is -0.593. The molecule has 0 unspecified atom stereocenters. The summed E-state index contributed by atoms with van der Waals surface area (Å²) < 4.78 is 10.2. The molecule has 0 radical (unpaired) electrons. The summed E-state index contributed by atoms with van der Waals surface area (Å²) in [5, 5.41) is 11.3. The first-order valence-corrected chi connectivity index (χ1v) is 10.8. The SMILES string of the molecule is C[Si](C)(C)CCCNC(=O)OCCCOCCCO. The van der Waals surface area contributed by atoms with Crippen LogP contribution in [-0.4, -0.2) is 52.2 Å². The third-order valence-electron chi connectivity index (χ3n) is 2.49. The molecule has 5 nitrogen and oxygen atoms in total. The fraction of sp³-hybridized carbons (Fsp3) is 0.923. The molecule has 0 aliphatic carbocycles. The van der Waals surface area contributed by atoms with Crippen molar-refractivity contribution in [2.24, 2.45) is 0 Å². The Bertz CT molecular complexity index is 231. The van der Waals surface area contributed by atoms with Gasteiger partial charge < -0.3 is 19.9 Å². The minimum atomic E-state index is -1.00. The lowest BCUT2D eigenvalue weighted by Gasteiger charge is -2.15. The number of hydrogen-bond acceptors (Lipinski definition) is 4. The maximum Gasteiger partial charge on any atom is 0.407 e. The molecule has 0 fully saturated rings. The van der Waals surface area contributed by atoms with Crippen molar-refractivity contribution < 1.29 is 19.4 Å². The van der Waals surface area contributed by atoms with Gasteiger partial charge in [-0.15, -0.1) is 0 Å². The Morgan fingerprint density at radius 3 is 2.42 bits per heavy atom. The maximum absolute atomic E-state index is 11.3. The zero-order chi connectivity index (χ0) is 14.6. The fourth-order valence-corrected chi connectivity index (χ4v) is 2.69. The lowest BCUT2D eigenvalue weighted by atomic mass is 10.4. The number of aliphatic hydroxyl groups excluding tert-OH is 1. The summed E-state index contributed by atoms with van der Waals surface area (Å²) in [6, 6.07) is 1.21. The number of alkyl carbamates (subject to hydrolysis) is 1. The molecular weight excluding hydrogens is 262 g/mol. The summed E-state index contributed by atoms with van der Waals surface area (Å²) in [6.07, 6.45) is 2.02. The first-order chi connectivity index (χ1) is 8.95. The van der Waals surface area contributed by atoms with Gasteiger partial charge in [-0.25, -0.2) is 4.79 Å². The number of hydrogen-bond donors (Lipinski definition) is 2. The molecule has 0 spiro atoms. The van der Waals surface area contributed by atoms with Crippen LogP contribution in [-0.2, 0) is 9.47 Å². The molecule has 6 heteroatoms. The highest BCUT2D eigenvalue weighted by Gasteiger charge is 2.12. The van der Waals surface area contributed by atoms with Gasteiger partial charge in [0.2, 0.25) is 0 Å². The van der Waals surface area contributed by atoms with Crippen LogP contribution in [0.4, 0.5) is 4.79 Å². The summed E-state index contributed by atoms with van der Waals surface area (Å²) in [5.41, 5.74) is 0. The molecular formula is C13H29NO4Si. The lowest BCUT2D eigenvalue weighted by Crippen LogP contribution is -2.28. The Morgan fingerprint density at radius 1 is 1.11 bits per heavy atom. The molecule has 0 aromatic carbocycles. The molecule has 1 amide bonds. The Kier molecular flexibility index (Phi) is 10.9. The molecule has 0 aliphatic rings. The van der Waals surface area contributed by atoms with E-state index in [1.54, 1.807) is 0 Å². The lowest BCUT2D eigenvalue weighted by molar-refractivity contribution is 0.0917. The topological polar surface area (TPSA) is 67.8 Å². The van der Waals surface area contributed by atoms with Gasteiger partial charge in [-0.05, 0) is 12.8 Å². The van der Waals surface area contributed by atoms with Crippen LogP contribution in [0.2, 0.25) is 25.7 Å². The fourth-order valence-electron chi connectivity index (χ4n) is 1.45. The van der Waals surface area contributed by atoms with E-state index in [1.807, 2.05) is 0 Å². The van der Waals surface area contributed by atoms with E-state index in [1.165, 1.54) is 6.04 Å². The minimum absolute atomic E-state index is 0.149. The number of carbonyl (C=O) groups excluding carboxylic acids is 1. The van der Waals surface area contributed by atoms with Gasteiger partial charge in [-0.1, -0.05) is 25.7 Å². The summed E-state index contributed by atoms with van der Waals surface area (Å²) in [7, 11) is -1.00. The molecule has 2 N–H and O–H groups in total. The normalized spacial score (nSPS) is 11.4. The summed E-state index contributed by atoms with van der Waals surface area (Å²) >= 11 is 0. The molecule has 0 aliphatic heterocycles. The first kappa shape index (κ1) is 18.4. The number of aliphatic hydroxyl groups is 1. The second-order valence-corrected chi connectivity index (χ2v) is 11.4. The van der Waals surface area contributed by atoms with Crippen LogP contribution >= 0.6 is 0 Å². The van der Waals surface area contributed by atoms with E-state index in [9.17, 15) is 4.79 Å². The van der Waals surface area contributed by atoms with E-state index in [2.05, 4.69) is 25.0 Å². The van der Waals surface area contributed by atoms with Crippen molar-refractivity contribution in [3.8, 4) is 0 Å². The average molecular weight is 291 g/mol. The monoisotopic (exact) mass is 291 g/mol. The molecule has 0 aromatic rings. The highest BCUT2D eigenvalue weighted by atomic mass is 28.3. The van der Waals surface area contributed by atoms with Crippen LogP contribution in [0.3, 0.4) is 0 Å². The molecule has 0 bridgehead atoms. The van der Waals surface area contributed by atoms with Crippen molar-refractivity contribution in [2.45, 2.75) is 44.9 Å². The number of ether oxygens (including phenoxy) is 2. The average Bonchev–Trinajstić information content (AvgIpc) is 2.32. The molecule has 19 heavy (non-hydrogen) atoms. The van der Waals surface area contributed by atoms with Crippen LogP contribution in [0.5, 0.6) is 0 Å². The highest BCUT2D eigenvalue weighted by Crippen LogP contribution is 2.09. The number of carbonyl (C=O) groups is 1. The Morgan fingerprint density at radius 2 is 1.79 bits per heavy atom. The summed E-state index contributed by atoms with van der Waals surface area (Å²) in [5.74, 6) is 0. The summed E-state index contributed by atoms with van der Waals surface area (Å²) in [4.78, 5) is 11.3. The van der Waals surface area contributed by atoms with E-state index < -0.39 is 8.07 Å². The first-order valence-electron chi connectivity index (χ1n) is 7.05. The quantitative estimate of drug-likeness (QED) is 0.452. The van der Waals surface area contributed by atoms with Crippen LogP contribution in [0, 0.1) is 0 Å². The van der Waals surface area contributed by atoms with Gasteiger partial charge in [0.15, 0.2) is 0 Å². The molecule has 0 aromatic heterocycles. The van der Waals surface area contributed by atoms with E-state index in [0.29, 0.717) is 39.2 Å². The van der Waals surface area contributed by atoms with Crippen molar-refractivity contribution >= 4 is 14.2 Å². The molecule has 0 saturated heterocycles. The highest BCUT2D eigenvalue weighted by molar-refractivity contribution is 6.76.